The Kier molecular flexibility index (Phi) is 3.45. The largest absolute Gasteiger partial charge is 0.317 e. The predicted octanol–water partition coefficient (Wildman–Crippen LogP) is 1.65. The van der Waals surface area contributed by atoms with E-state index < -0.39 is 0 Å². The van der Waals surface area contributed by atoms with Crippen LogP contribution in [-0.2, 0) is 0 Å². The first-order valence-corrected chi connectivity index (χ1v) is 4.48. The van der Waals surface area contributed by atoms with E-state index in [2.05, 4.69) is 18.2 Å². The molecule has 0 aromatic carbocycles. The van der Waals surface area contributed by atoms with Crippen LogP contribution < -0.4 is 5.32 Å². The summed E-state index contributed by atoms with van der Waals surface area (Å²) in [5, 5.41) is 3.36. The van der Waals surface area contributed by atoms with E-state index in [4.69, 9.17) is 6.42 Å². The van der Waals surface area contributed by atoms with E-state index >= 15 is 0 Å². The molecule has 1 heteroatoms. The molecule has 0 bridgehead atoms. The Morgan fingerprint density at radius 1 is 1.55 bits per heavy atom. The molecule has 0 aromatic heterocycles. The maximum absolute atomic E-state index is 5.27. The monoisotopic (exact) mass is 151 g/mol. The molecule has 1 fully saturated rings. The van der Waals surface area contributed by atoms with Crippen LogP contribution in [0.4, 0.5) is 0 Å². The van der Waals surface area contributed by atoms with E-state index in [9.17, 15) is 0 Å². The fraction of sp³-hybridized carbons (Fsp3) is 0.800. The van der Waals surface area contributed by atoms with Gasteiger partial charge in [0.15, 0.2) is 0 Å². The maximum atomic E-state index is 5.27. The normalized spacial score (nSPS) is 22.5. The predicted molar refractivity (Wildman–Crippen MR) is 48.2 cm³/mol. The number of hydrogen-bond donors (Lipinski definition) is 1. The molecular formula is C10H17N. The maximum Gasteiger partial charge on any atom is 0.0114 e. The second kappa shape index (κ2) is 4.41. The summed E-state index contributed by atoms with van der Waals surface area (Å²) in [7, 11) is 0. The van der Waals surface area contributed by atoms with Crippen LogP contribution in [0.2, 0.25) is 0 Å². The molecule has 0 radical (unpaired) electrons. The fourth-order valence-electron chi connectivity index (χ4n) is 1.77. The van der Waals surface area contributed by atoms with Crippen molar-refractivity contribution in [2.75, 3.05) is 13.1 Å². The lowest BCUT2D eigenvalue weighted by Gasteiger charge is -2.26. The quantitative estimate of drug-likeness (QED) is 0.592. The average molecular weight is 151 g/mol. The first-order chi connectivity index (χ1) is 5.34. The Bertz CT molecular complexity index is 139. The summed E-state index contributed by atoms with van der Waals surface area (Å²) in [5.74, 6) is 4.34. The van der Waals surface area contributed by atoms with Crippen LogP contribution in [0.25, 0.3) is 0 Å². The van der Waals surface area contributed by atoms with Gasteiger partial charge in [-0.1, -0.05) is 6.92 Å². The molecule has 0 amide bonds. The van der Waals surface area contributed by atoms with Crippen LogP contribution in [0.15, 0.2) is 0 Å². The van der Waals surface area contributed by atoms with Gasteiger partial charge in [0.2, 0.25) is 0 Å². The first-order valence-electron chi connectivity index (χ1n) is 4.48. The van der Waals surface area contributed by atoms with Crippen LogP contribution in [-0.4, -0.2) is 13.1 Å². The van der Waals surface area contributed by atoms with Crippen LogP contribution in [0, 0.1) is 24.2 Å². The molecule has 1 aliphatic heterocycles. The van der Waals surface area contributed by atoms with Gasteiger partial charge in [-0.2, -0.15) is 0 Å². The summed E-state index contributed by atoms with van der Waals surface area (Å²) in [6.07, 6.45) is 8.84. The second-order valence-corrected chi connectivity index (χ2v) is 3.47. The lowest BCUT2D eigenvalue weighted by atomic mass is 9.84. The summed E-state index contributed by atoms with van der Waals surface area (Å²) in [6.45, 7) is 4.63. The zero-order valence-electron chi connectivity index (χ0n) is 7.27. The SMILES string of the molecule is C#CC[C@@H](C)C1CCNCC1. The first kappa shape index (κ1) is 8.62. The molecular weight excluding hydrogens is 134 g/mol. The van der Waals surface area contributed by atoms with E-state index in [1.807, 2.05) is 0 Å². The Labute approximate surface area is 69.6 Å². The molecule has 1 aliphatic rings. The smallest absolute Gasteiger partial charge is 0.0114 e. The molecule has 1 heterocycles. The van der Waals surface area contributed by atoms with Gasteiger partial charge >= 0.3 is 0 Å². The average Bonchev–Trinajstić information content (AvgIpc) is 2.07. The molecule has 62 valence electrons. The van der Waals surface area contributed by atoms with E-state index in [-0.39, 0.29) is 0 Å². The lowest BCUT2D eigenvalue weighted by molar-refractivity contribution is 0.279. The molecule has 11 heavy (non-hydrogen) atoms. The third kappa shape index (κ3) is 2.55. The van der Waals surface area contributed by atoms with Crippen molar-refractivity contribution in [1.29, 1.82) is 0 Å². The highest BCUT2D eigenvalue weighted by Crippen LogP contribution is 2.23. The zero-order chi connectivity index (χ0) is 8.10. The van der Waals surface area contributed by atoms with Gasteiger partial charge in [0.05, 0.1) is 0 Å². The Morgan fingerprint density at radius 2 is 2.18 bits per heavy atom. The molecule has 1 saturated heterocycles. The van der Waals surface area contributed by atoms with Gasteiger partial charge in [0, 0.05) is 6.42 Å². The third-order valence-corrected chi connectivity index (χ3v) is 2.63. The topological polar surface area (TPSA) is 12.0 Å². The van der Waals surface area contributed by atoms with Crippen molar-refractivity contribution in [3.05, 3.63) is 0 Å². The highest BCUT2D eigenvalue weighted by molar-refractivity contribution is 4.88. The van der Waals surface area contributed by atoms with Crippen molar-refractivity contribution < 1.29 is 0 Å². The second-order valence-electron chi connectivity index (χ2n) is 3.47. The van der Waals surface area contributed by atoms with Gasteiger partial charge in [-0.3, -0.25) is 0 Å². The number of piperidine rings is 1. The minimum Gasteiger partial charge on any atom is -0.317 e. The number of nitrogens with one attached hydrogen (secondary N) is 1. The molecule has 0 saturated carbocycles. The number of rotatable bonds is 2. The van der Waals surface area contributed by atoms with E-state index in [1.54, 1.807) is 0 Å². The van der Waals surface area contributed by atoms with Crippen LogP contribution >= 0.6 is 0 Å². The third-order valence-electron chi connectivity index (χ3n) is 2.63. The van der Waals surface area contributed by atoms with E-state index in [1.165, 1.54) is 25.9 Å². The van der Waals surface area contributed by atoms with Crippen molar-refractivity contribution in [3.8, 4) is 12.3 Å². The van der Waals surface area contributed by atoms with Crippen molar-refractivity contribution in [1.82, 2.24) is 5.32 Å². The fourth-order valence-corrected chi connectivity index (χ4v) is 1.77. The van der Waals surface area contributed by atoms with Crippen molar-refractivity contribution >= 4 is 0 Å². The zero-order valence-corrected chi connectivity index (χ0v) is 7.27. The Morgan fingerprint density at radius 3 is 2.73 bits per heavy atom. The molecule has 1 atom stereocenters. The Balaban J connectivity index is 2.27. The number of hydrogen-bond acceptors (Lipinski definition) is 1. The minimum atomic E-state index is 0.724. The summed E-state index contributed by atoms with van der Waals surface area (Å²) in [4.78, 5) is 0. The van der Waals surface area contributed by atoms with Crippen molar-refractivity contribution in [2.24, 2.45) is 11.8 Å². The molecule has 0 spiro atoms. The molecule has 0 aromatic rings. The van der Waals surface area contributed by atoms with Gasteiger partial charge in [-0.25, -0.2) is 0 Å². The van der Waals surface area contributed by atoms with Gasteiger partial charge in [0.1, 0.15) is 0 Å². The van der Waals surface area contributed by atoms with Gasteiger partial charge in [0.25, 0.3) is 0 Å². The molecule has 1 rings (SSSR count). The summed E-state index contributed by atoms with van der Waals surface area (Å²) in [6, 6.07) is 0. The molecule has 0 unspecified atom stereocenters. The summed E-state index contributed by atoms with van der Waals surface area (Å²) < 4.78 is 0. The molecule has 1 nitrogen and oxygen atoms in total. The standard InChI is InChI=1S/C10H17N/c1-3-4-9(2)10-5-7-11-8-6-10/h1,9-11H,4-8H2,2H3/t9-/m1/s1. The minimum absolute atomic E-state index is 0.724. The van der Waals surface area contributed by atoms with E-state index in [0.717, 1.165) is 18.3 Å². The highest BCUT2D eigenvalue weighted by atomic mass is 14.9. The van der Waals surface area contributed by atoms with Crippen molar-refractivity contribution in [2.45, 2.75) is 26.2 Å². The van der Waals surface area contributed by atoms with Gasteiger partial charge < -0.3 is 5.32 Å². The van der Waals surface area contributed by atoms with Crippen LogP contribution in [0.5, 0.6) is 0 Å². The van der Waals surface area contributed by atoms with Gasteiger partial charge in [-0.05, 0) is 37.8 Å². The summed E-state index contributed by atoms with van der Waals surface area (Å²) >= 11 is 0. The molecule has 1 N–H and O–H groups in total. The lowest BCUT2D eigenvalue weighted by Crippen LogP contribution is -2.30. The van der Waals surface area contributed by atoms with E-state index in [0.29, 0.717) is 0 Å². The summed E-state index contributed by atoms with van der Waals surface area (Å²) in [5.41, 5.74) is 0. The molecule has 0 aliphatic carbocycles. The Hall–Kier alpha value is -0.480. The van der Waals surface area contributed by atoms with Crippen LogP contribution in [0.1, 0.15) is 26.2 Å². The van der Waals surface area contributed by atoms with Gasteiger partial charge in [-0.15, -0.1) is 12.3 Å². The van der Waals surface area contributed by atoms with Crippen LogP contribution in [0.3, 0.4) is 0 Å². The highest BCUT2D eigenvalue weighted by Gasteiger charge is 2.18. The van der Waals surface area contributed by atoms with Crippen molar-refractivity contribution in [3.63, 3.8) is 0 Å². The number of terminal acetylenes is 1.